The number of benzene rings is 2. The number of alkyl halides is 3. The first-order valence-electron chi connectivity index (χ1n) is 8.22. The summed E-state index contributed by atoms with van der Waals surface area (Å²) < 4.78 is 43.3. The Hall–Kier alpha value is -2.01. The molecule has 13 heteroatoms. The van der Waals surface area contributed by atoms with E-state index in [0.29, 0.717) is 12.3 Å². The molecule has 3 aromatic rings. The van der Waals surface area contributed by atoms with Gasteiger partial charge in [-0.15, -0.1) is 18.2 Å². The SMILES string of the molecule is O=C(Nc1c[c-]c(Oc2ncc(C(F)(F)F)cc2Cl)cc1)c1cc([N+](=O)[O-])ccc1Cl.[Pr]. The maximum absolute atomic E-state index is 12.7. The van der Waals surface area contributed by atoms with E-state index in [1.54, 1.807) is 0 Å². The summed E-state index contributed by atoms with van der Waals surface area (Å²) in [5, 5.41) is 13.0. The predicted molar refractivity (Wildman–Crippen MR) is 106 cm³/mol. The number of rotatable bonds is 5. The van der Waals surface area contributed by atoms with Crippen LogP contribution in [0.4, 0.5) is 24.5 Å². The molecule has 1 aromatic heterocycles. The van der Waals surface area contributed by atoms with Crippen molar-refractivity contribution in [2.75, 3.05) is 5.32 Å². The van der Waals surface area contributed by atoms with Crippen LogP contribution in [-0.4, -0.2) is 15.8 Å². The standard InChI is InChI=1S/C19H9Cl2F3N3O4.Pr/c20-15-6-3-12(27(29)30)8-14(15)17(28)26-11-1-4-13(5-2-11)31-18-16(21)7-10(9-25-18)19(22,23)24;/h1-4,6-9H,(H,26,28);/q-1;. The molecule has 1 amide bonds. The van der Waals surface area contributed by atoms with E-state index in [-0.39, 0.29) is 79.9 Å². The number of ether oxygens (including phenoxy) is 1. The Balaban J connectivity index is 0.00000363. The van der Waals surface area contributed by atoms with Gasteiger partial charge in [0.25, 0.3) is 5.69 Å². The molecule has 0 bridgehead atoms. The van der Waals surface area contributed by atoms with Crippen LogP contribution < -0.4 is 10.1 Å². The van der Waals surface area contributed by atoms with Crippen LogP contribution >= 0.6 is 23.2 Å². The number of anilines is 1. The Labute approximate surface area is 222 Å². The average Bonchev–Trinajstić information content (AvgIpc) is 2.70. The fraction of sp³-hybridized carbons (Fsp3) is 0.0526. The van der Waals surface area contributed by atoms with E-state index < -0.39 is 22.6 Å². The third kappa shape index (κ3) is 6.51. The number of aromatic nitrogens is 1. The summed E-state index contributed by atoms with van der Waals surface area (Å²) >= 11 is 11.7. The maximum Gasteiger partial charge on any atom is 0.417 e. The van der Waals surface area contributed by atoms with Gasteiger partial charge in [-0.05, 0) is 12.1 Å². The number of nitro groups is 1. The van der Waals surface area contributed by atoms with Crippen molar-refractivity contribution in [1.29, 1.82) is 0 Å². The van der Waals surface area contributed by atoms with Crippen molar-refractivity contribution >= 4 is 40.5 Å². The molecule has 0 aliphatic carbocycles. The fourth-order valence-electron chi connectivity index (χ4n) is 2.31. The van der Waals surface area contributed by atoms with Crippen LogP contribution in [0.15, 0.2) is 48.7 Å². The summed E-state index contributed by atoms with van der Waals surface area (Å²) in [4.78, 5) is 26.1. The molecule has 1 radical (unpaired) electrons. The van der Waals surface area contributed by atoms with Crippen molar-refractivity contribution in [2.45, 2.75) is 6.18 Å². The van der Waals surface area contributed by atoms with Crippen LogP contribution in [0.3, 0.4) is 0 Å². The molecule has 0 saturated heterocycles. The van der Waals surface area contributed by atoms with Gasteiger partial charge in [0, 0.05) is 65.4 Å². The predicted octanol–water partition coefficient (Wildman–Crippen LogP) is 6.16. The Morgan fingerprint density at radius 1 is 1.16 bits per heavy atom. The molecule has 0 spiro atoms. The van der Waals surface area contributed by atoms with E-state index in [1.807, 2.05) is 0 Å². The number of hydrogen-bond acceptors (Lipinski definition) is 5. The first kappa shape index (κ1) is 26.2. The van der Waals surface area contributed by atoms with Crippen LogP contribution in [0.25, 0.3) is 0 Å². The Bertz CT molecular complexity index is 1160. The second kappa shape index (κ2) is 10.7. The number of nitrogens with zero attached hydrogens (tertiary/aromatic N) is 2. The van der Waals surface area contributed by atoms with Gasteiger partial charge in [-0.2, -0.15) is 19.2 Å². The number of hydrogen-bond donors (Lipinski definition) is 1. The van der Waals surface area contributed by atoms with Gasteiger partial charge in [0.2, 0.25) is 11.8 Å². The van der Waals surface area contributed by atoms with Gasteiger partial charge in [0.05, 0.1) is 21.1 Å². The minimum Gasteiger partial charge on any atom is -0.465 e. The second-order valence-electron chi connectivity index (χ2n) is 5.93. The maximum atomic E-state index is 12.7. The van der Waals surface area contributed by atoms with Crippen molar-refractivity contribution < 1.29 is 68.9 Å². The van der Waals surface area contributed by atoms with Gasteiger partial charge in [-0.1, -0.05) is 28.9 Å². The van der Waals surface area contributed by atoms with Crippen molar-refractivity contribution in [1.82, 2.24) is 4.98 Å². The molecule has 1 N–H and O–H groups in total. The number of pyridine rings is 1. The third-order valence-corrected chi connectivity index (χ3v) is 4.39. The zero-order valence-electron chi connectivity index (χ0n) is 15.6. The zero-order chi connectivity index (χ0) is 22.8. The molecule has 0 saturated carbocycles. The van der Waals surface area contributed by atoms with Crippen LogP contribution in [0.1, 0.15) is 15.9 Å². The number of amides is 1. The molecule has 0 fully saturated rings. The summed E-state index contributed by atoms with van der Waals surface area (Å²) in [6.07, 6.45) is -4.01. The average molecular weight is 612 g/mol. The Morgan fingerprint density at radius 2 is 1.88 bits per heavy atom. The molecule has 0 atom stereocenters. The van der Waals surface area contributed by atoms with E-state index in [0.717, 1.165) is 6.07 Å². The number of halogens is 5. The van der Waals surface area contributed by atoms with E-state index in [1.165, 1.54) is 30.3 Å². The molecule has 0 unspecified atom stereocenters. The molecular formula is C19H9Cl2F3N3O4Pr-. The first-order valence-corrected chi connectivity index (χ1v) is 8.98. The van der Waals surface area contributed by atoms with Crippen molar-refractivity contribution in [3.63, 3.8) is 0 Å². The third-order valence-electron chi connectivity index (χ3n) is 3.79. The summed E-state index contributed by atoms with van der Waals surface area (Å²) in [6.45, 7) is 0. The fourth-order valence-corrected chi connectivity index (χ4v) is 2.72. The molecule has 32 heavy (non-hydrogen) atoms. The van der Waals surface area contributed by atoms with Crippen molar-refractivity contribution in [3.05, 3.63) is 86.0 Å². The Morgan fingerprint density at radius 3 is 2.44 bits per heavy atom. The molecule has 3 rings (SSSR count). The van der Waals surface area contributed by atoms with Gasteiger partial charge < -0.3 is 10.1 Å². The molecular weight excluding hydrogens is 603 g/mol. The number of non-ortho nitro benzene ring substituents is 1. The van der Waals surface area contributed by atoms with E-state index >= 15 is 0 Å². The van der Waals surface area contributed by atoms with Gasteiger partial charge in [-0.3, -0.25) is 14.9 Å². The van der Waals surface area contributed by atoms with Crippen LogP contribution in [0, 0.1) is 57.5 Å². The summed E-state index contributed by atoms with van der Waals surface area (Å²) in [5.41, 5.74) is -1.17. The first-order chi connectivity index (χ1) is 14.5. The van der Waals surface area contributed by atoms with Gasteiger partial charge >= 0.3 is 6.18 Å². The molecule has 2 aromatic carbocycles. The smallest absolute Gasteiger partial charge is 0.417 e. The molecule has 7 nitrogen and oxygen atoms in total. The largest absolute Gasteiger partial charge is 0.465 e. The molecule has 0 aliphatic rings. The quantitative estimate of drug-likeness (QED) is 0.212. The van der Waals surface area contributed by atoms with Crippen molar-refractivity contribution in [2.24, 2.45) is 0 Å². The summed E-state index contributed by atoms with van der Waals surface area (Å²) in [7, 11) is 0. The number of nitrogens with one attached hydrogen (secondary N) is 1. The Kier molecular flexibility index (Phi) is 8.81. The molecule has 1 heterocycles. The van der Waals surface area contributed by atoms with E-state index in [2.05, 4.69) is 16.4 Å². The van der Waals surface area contributed by atoms with Crippen LogP contribution in [-0.2, 0) is 6.18 Å². The number of nitro benzene ring substituents is 1. The van der Waals surface area contributed by atoms with Gasteiger partial charge in [0.1, 0.15) is 5.02 Å². The van der Waals surface area contributed by atoms with E-state index in [4.69, 9.17) is 27.9 Å². The number of carbonyl (C=O) groups is 1. The topological polar surface area (TPSA) is 94.4 Å². The summed E-state index contributed by atoms with van der Waals surface area (Å²) in [5.74, 6) is -0.880. The molecule has 163 valence electrons. The number of carbonyl (C=O) groups excluding carboxylic acids is 1. The minimum atomic E-state index is -4.59. The van der Waals surface area contributed by atoms with Crippen LogP contribution in [0.5, 0.6) is 11.6 Å². The monoisotopic (exact) mass is 611 g/mol. The summed E-state index contributed by atoms with van der Waals surface area (Å²) in [6, 6.07) is 10.9. The van der Waals surface area contributed by atoms with Gasteiger partial charge in [-0.25, -0.2) is 4.98 Å². The van der Waals surface area contributed by atoms with Gasteiger partial charge in [0.15, 0.2) is 0 Å². The molecule has 0 aliphatic heterocycles. The zero-order valence-corrected chi connectivity index (χ0v) is 20.8. The van der Waals surface area contributed by atoms with Crippen molar-refractivity contribution in [3.8, 4) is 11.6 Å². The van der Waals surface area contributed by atoms with E-state index in [9.17, 15) is 28.1 Å². The minimum absolute atomic E-state index is 0. The normalized spacial score (nSPS) is 10.8. The van der Waals surface area contributed by atoms with Crippen LogP contribution in [0.2, 0.25) is 10.0 Å². The second-order valence-corrected chi connectivity index (χ2v) is 6.74.